The number of halogens is 1. The van der Waals surface area contributed by atoms with Gasteiger partial charge in [-0.3, -0.25) is 13.9 Å². The first-order valence-electron chi connectivity index (χ1n) is 8.05. The van der Waals surface area contributed by atoms with E-state index in [1.165, 1.54) is 12.1 Å². The second-order valence-electron chi connectivity index (χ2n) is 6.18. The van der Waals surface area contributed by atoms with Gasteiger partial charge in [-0.1, -0.05) is 17.7 Å². The van der Waals surface area contributed by atoms with Gasteiger partial charge in [-0.25, -0.2) is 8.42 Å². The molecule has 2 aromatic rings. The van der Waals surface area contributed by atoms with Gasteiger partial charge < -0.3 is 9.30 Å². The van der Waals surface area contributed by atoms with Crippen LogP contribution in [0.2, 0.25) is 5.02 Å². The summed E-state index contributed by atoms with van der Waals surface area (Å²) in [6, 6.07) is 7.83. The van der Waals surface area contributed by atoms with E-state index in [4.69, 9.17) is 16.3 Å². The molecule has 0 aliphatic heterocycles. The first-order valence-corrected chi connectivity index (χ1v) is 10.3. The normalized spacial score (nSPS) is 11.3. The Kier molecular flexibility index (Phi) is 6.33. The van der Waals surface area contributed by atoms with Gasteiger partial charge in [0.1, 0.15) is 6.54 Å². The van der Waals surface area contributed by atoms with Gasteiger partial charge in [0, 0.05) is 29.0 Å². The predicted octanol–water partition coefficient (Wildman–Crippen LogP) is 2.49. The number of benzene rings is 1. The van der Waals surface area contributed by atoms with Crippen molar-refractivity contribution in [2.45, 2.75) is 13.8 Å². The van der Waals surface area contributed by atoms with Crippen LogP contribution in [0.1, 0.15) is 21.7 Å². The number of esters is 1. The lowest BCUT2D eigenvalue weighted by atomic mass is 10.1. The van der Waals surface area contributed by atoms with Crippen LogP contribution in [0.3, 0.4) is 0 Å². The van der Waals surface area contributed by atoms with Crippen molar-refractivity contribution in [1.82, 2.24) is 4.57 Å². The van der Waals surface area contributed by atoms with Gasteiger partial charge in [0.25, 0.3) is 0 Å². The van der Waals surface area contributed by atoms with E-state index >= 15 is 0 Å². The number of nitrogens with zero attached hydrogens (tertiary/aromatic N) is 2. The van der Waals surface area contributed by atoms with Gasteiger partial charge in [-0.05, 0) is 38.1 Å². The molecule has 1 heterocycles. The molecule has 0 amide bonds. The minimum absolute atomic E-state index is 0.239. The zero-order valence-electron chi connectivity index (χ0n) is 15.5. The molecule has 0 aliphatic rings. The molecule has 0 spiro atoms. The lowest BCUT2D eigenvalue weighted by Gasteiger charge is -2.21. The highest BCUT2D eigenvalue weighted by atomic mass is 35.5. The van der Waals surface area contributed by atoms with Gasteiger partial charge in [0.05, 0.1) is 11.9 Å². The maximum absolute atomic E-state index is 12.3. The lowest BCUT2D eigenvalue weighted by Crippen LogP contribution is -2.36. The summed E-state index contributed by atoms with van der Waals surface area (Å²) >= 11 is 5.89. The van der Waals surface area contributed by atoms with Gasteiger partial charge in [-0.15, -0.1) is 0 Å². The van der Waals surface area contributed by atoms with Gasteiger partial charge in [-0.2, -0.15) is 0 Å². The number of sulfonamides is 1. The Balaban J connectivity index is 2.08. The van der Waals surface area contributed by atoms with Gasteiger partial charge >= 0.3 is 5.97 Å². The van der Waals surface area contributed by atoms with E-state index in [2.05, 4.69) is 0 Å². The average molecular weight is 413 g/mol. The number of aromatic nitrogens is 1. The lowest BCUT2D eigenvalue weighted by molar-refractivity contribution is -0.140. The minimum atomic E-state index is -3.74. The number of carbonyl (C=O) groups is 2. The van der Waals surface area contributed by atoms with Crippen LogP contribution in [0, 0.1) is 13.8 Å². The van der Waals surface area contributed by atoms with Crippen molar-refractivity contribution in [2.24, 2.45) is 7.05 Å². The maximum atomic E-state index is 12.3. The molecule has 0 unspecified atom stereocenters. The molecule has 0 N–H and O–H groups in total. The van der Waals surface area contributed by atoms with Crippen LogP contribution < -0.4 is 4.31 Å². The smallest absolute Gasteiger partial charge is 0.327 e. The molecule has 0 radical (unpaired) electrons. The van der Waals surface area contributed by atoms with E-state index < -0.39 is 29.1 Å². The van der Waals surface area contributed by atoms with Crippen LogP contribution in [0.4, 0.5) is 5.69 Å². The Morgan fingerprint density at radius 3 is 2.41 bits per heavy atom. The van der Waals surface area contributed by atoms with E-state index in [1.807, 2.05) is 18.5 Å². The van der Waals surface area contributed by atoms with E-state index in [0.29, 0.717) is 10.6 Å². The molecule has 0 fully saturated rings. The fourth-order valence-electron chi connectivity index (χ4n) is 2.56. The molecular formula is C18H21ClN2O5S. The number of aryl methyl sites for hydroxylation is 1. The molecular weight excluding hydrogens is 392 g/mol. The van der Waals surface area contributed by atoms with Crippen molar-refractivity contribution in [3.8, 4) is 0 Å². The summed E-state index contributed by atoms with van der Waals surface area (Å²) in [6.45, 7) is 2.65. The standard InChI is InChI=1S/C18H21ClN2O5S/c1-12-8-16(13(2)20(12)3)17(22)11-26-18(23)10-21(27(4,24)25)15-7-5-6-14(19)9-15/h5-9H,10-11H2,1-4H3. The zero-order valence-corrected chi connectivity index (χ0v) is 17.1. The molecule has 0 saturated heterocycles. The average Bonchev–Trinajstić information content (AvgIpc) is 2.84. The highest BCUT2D eigenvalue weighted by molar-refractivity contribution is 7.92. The number of hydrogen-bond acceptors (Lipinski definition) is 5. The number of anilines is 1. The predicted molar refractivity (Wildman–Crippen MR) is 104 cm³/mol. The molecule has 146 valence electrons. The number of ketones is 1. The van der Waals surface area contributed by atoms with E-state index in [0.717, 1.165) is 21.9 Å². The number of carbonyl (C=O) groups excluding carboxylic acids is 2. The third-order valence-corrected chi connectivity index (χ3v) is 5.58. The number of rotatable bonds is 7. The molecule has 0 saturated carbocycles. The Morgan fingerprint density at radius 1 is 1.22 bits per heavy atom. The second kappa shape index (κ2) is 8.14. The van der Waals surface area contributed by atoms with E-state index in [9.17, 15) is 18.0 Å². The van der Waals surface area contributed by atoms with E-state index in [1.54, 1.807) is 25.1 Å². The summed E-state index contributed by atoms with van der Waals surface area (Å²) in [4.78, 5) is 24.4. The maximum Gasteiger partial charge on any atom is 0.327 e. The number of hydrogen-bond donors (Lipinski definition) is 0. The fourth-order valence-corrected chi connectivity index (χ4v) is 3.58. The zero-order chi connectivity index (χ0) is 20.4. The first kappa shape index (κ1) is 21.0. The second-order valence-corrected chi connectivity index (χ2v) is 8.52. The molecule has 7 nitrogen and oxygen atoms in total. The topological polar surface area (TPSA) is 85.7 Å². The molecule has 1 aromatic heterocycles. The van der Waals surface area contributed by atoms with Crippen molar-refractivity contribution in [3.05, 3.63) is 52.3 Å². The summed E-state index contributed by atoms with van der Waals surface area (Å²) in [5, 5.41) is 0.333. The van der Waals surface area contributed by atoms with Crippen LogP contribution in [-0.2, 0) is 26.6 Å². The highest BCUT2D eigenvalue weighted by Crippen LogP contribution is 2.21. The summed E-state index contributed by atoms with van der Waals surface area (Å²) in [5.74, 6) is -1.18. The summed E-state index contributed by atoms with van der Waals surface area (Å²) in [5.41, 5.74) is 2.39. The van der Waals surface area contributed by atoms with Crippen LogP contribution in [-0.4, -0.2) is 44.1 Å². The summed E-state index contributed by atoms with van der Waals surface area (Å²) in [6.07, 6.45) is 0.975. The molecule has 0 atom stereocenters. The quantitative estimate of drug-likeness (QED) is 0.515. The molecule has 0 bridgehead atoms. The van der Waals surface area contributed by atoms with Crippen molar-refractivity contribution >= 4 is 39.1 Å². The Bertz CT molecular complexity index is 982. The third-order valence-electron chi connectivity index (χ3n) is 4.21. The van der Waals surface area contributed by atoms with E-state index in [-0.39, 0.29) is 11.5 Å². The fraction of sp³-hybridized carbons (Fsp3) is 0.333. The molecule has 1 aromatic carbocycles. The molecule has 27 heavy (non-hydrogen) atoms. The monoisotopic (exact) mass is 412 g/mol. The summed E-state index contributed by atoms with van der Waals surface area (Å²) < 4.78 is 31.8. The largest absolute Gasteiger partial charge is 0.456 e. The minimum Gasteiger partial charge on any atom is -0.456 e. The Hall–Kier alpha value is -2.32. The van der Waals surface area contributed by atoms with Crippen LogP contribution >= 0.6 is 11.6 Å². The van der Waals surface area contributed by atoms with Crippen molar-refractivity contribution in [2.75, 3.05) is 23.7 Å². The highest BCUT2D eigenvalue weighted by Gasteiger charge is 2.23. The van der Waals surface area contributed by atoms with Crippen molar-refractivity contribution in [1.29, 1.82) is 0 Å². The van der Waals surface area contributed by atoms with Crippen molar-refractivity contribution < 1.29 is 22.7 Å². The Labute approximate surface area is 163 Å². The third kappa shape index (κ3) is 5.11. The van der Waals surface area contributed by atoms with Gasteiger partial charge in [0.2, 0.25) is 15.8 Å². The van der Waals surface area contributed by atoms with Crippen LogP contribution in [0.25, 0.3) is 0 Å². The Morgan fingerprint density at radius 2 is 1.89 bits per heavy atom. The first-order chi connectivity index (χ1) is 12.5. The van der Waals surface area contributed by atoms with Crippen LogP contribution in [0.5, 0.6) is 0 Å². The van der Waals surface area contributed by atoms with Gasteiger partial charge in [0.15, 0.2) is 6.61 Å². The molecule has 0 aliphatic carbocycles. The SMILES string of the molecule is Cc1cc(C(=O)COC(=O)CN(c2cccc(Cl)c2)S(C)(=O)=O)c(C)n1C. The van der Waals surface area contributed by atoms with Crippen molar-refractivity contribution in [3.63, 3.8) is 0 Å². The molecule has 9 heteroatoms. The summed E-state index contributed by atoms with van der Waals surface area (Å²) in [7, 11) is -1.91. The number of Topliss-reactive ketones (excluding diaryl/α,β-unsaturated/α-hetero) is 1. The van der Waals surface area contributed by atoms with Crippen LogP contribution in [0.15, 0.2) is 30.3 Å². The molecule has 2 rings (SSSR count). The number of ether oxygens (including phenoxy) is 1.